The van der Waals surface area contributed by atoms with Crippen molar-refractivity contribution in [2.75, 3.05) is 25.2 Å². The molecule has 0 heterocycles. The molecule has 0 aliphatic heterocycles. The minimum absolute atomic E-state index is 0.180. The molecule has 18 heavy (non-hydrogen) atoms. The molecular formula is C14H23FN2O. The van der Waals surface area contributed by atoms with Crippen LogP contribution in [0.3, 0.4) is 0 Å². The second kappa shape index (κ2) is 6.71. The first-order valence-corrected chi connectivity index (χ1v) is 6.32. The number of rotatable bonds is 6. The lowest BCUT2D eigenvalue weighted by atomic mass is 10.0. The summed E-state index contributed by atoms with van der Waals surface area (Å²) in [5.41, 5.74) is 7.31. The van der Waals surface area contributed by atoms with Crippen molar-refractivity contribution in [1.29, 1.82) is 0 Å². The highest BCUT2D eigenvalue weighted by Crippen LogP contribution is 2.29. The zero-order valence-corrected chi connectivity index (χ0v) is 11.6. The fourth-order valence-corrected chi connectivity index (χ4v) is 2.28. The van der Waals surface area contributed by atoms with Crippen LogP contribution in [0.25, 0.3) is 0 Å². The molecule has 0 saturated heterocycles. The summed E-state index contributed by atoms with van der Waals surface area (Å²) in [5, 5.41) is 0. The number of likely N-dealkylation sites (N-methyl/N-ethyl adjacent to an activating group) is 1. The molecule has 1 rings (SSSR count). The molecule has 0 aliphatic carbocycles. The van der Waals surface area contributed by atoms with Gasteiger partial charge in [-0.15, -0.1) is 0 Å². The number of ether oxygens (including phenoxy) is 1. The summed E-state index contributed by atoms with van der Waals surface area (Å²) in [4.78, 5) is 2.12. The lowest BCUT2D eigenvalue weighted by Crippen LogP contribution is -2.37. The van der Waals surface area contributed by atoms with Crippen molar-refractivity contribution < 1.29 is 9.13 Å². The average molecular weight is 254 g/mol. The van der Waals surface area contributed by atoms with Crippen LogP contribution in [0, 0.1) is 5.82 Å². The summed E-state index contributed by atoms with van der Waals surface area (Å²) in [6, 6.07) is 4.94. The smallest absolute Gasteiger partial charge is 0.130 e. The summed E-state index contributed by atoms with van der Waals surface area (Å²) in [7, 11) is 1.67. The van der Waals surface area contributed by atoms with Crippen molar-refractivity contribution in [3.8, 4) is 0 Å². The third-order valence-electron chi connectivity index (χ3n) is 3.08. The number of halogens is 1. The molecule has 102 valence electrons. The Morgan fingerprint density at radius 2 is 2.06 bits per heavy atom. The van der Waals surface area contributed by atoms with Crippen molar-refractivity contribution in [2.24, 2.45) is 5.73 Å². The molecule has 0 amide bonds. The number of nitrogens with two attached hydrogens (primary N) is 1. The van der Waals surface area contributed by atoms with Gasteiger partial charge >= 0.3 is 0 Å². The Bertz CT molecular complexity index is 382. The maximum atomic E-state index is 13.9. The van der Waals surface area contributed by atoms with Crippen LogP contribution in [0.4, 0.5) is 10.1 Å². The monoisotopic (exact) mass is 254 g/mol. The number of methoxy groups -OCH3 is 1. The second-order valence-electron chi connectivity index (χ2n) is 4.55. The van der Waals surface area contributed by atoms with Gasteiger partial charge in [0.15, 0.2) is 0 Å². The molecular weight excluding hydrogens is 231 g/mol. The molecule has 1 aromatic rings. The molecule has 2 N–H and O–H groups in total. The molecule has 4 heteroatoms. The third kappa shape index (κ3) is 3.21. The van der Waals surface area contributed by atoms with Gasteiger partial charge in [0.25, 0.3) is 0 Å². The van der Waals surface area contributed by atoms with Gasteiger partial charge in [-0.1, -0.05) is 6.07 Å². The highest BCUT2D eigenvalue weighted by molar-refractivity contribution is 5.56. The van der Waals surface area contributed by atoms with E-state index in [1.807, 2.05) is 13.0 Å². The van der Waals surface area contributed by atoms with Crippen LogP contribution < -0.4 is 10.6 Å². The zero-order chi connectivity index (χ0) is 13.7. The Balaban J connectivity index is 3.16. The van der Waals surface area contributed by atoms with Crippen molar-refractivity contribution in [3.05, 3.63) is 29.6 Å². The van der Waals surface area contributed by atoms with E-state index in [2.05, 4.69) is 11.8 Å². The number of hydrogen-bond acceptors (Lipinski definition) is 3. The molecule has 0 spiro atoms. The van der Waals surface area contributed by atoms with Gasteiger partial charge in [-0.25, -0.2) is 4.39 Å². The SMILES string of the molecule is CCN(c1cccc(F)c1[C@H](C)N)C(C)COC. The first-order valence-electron chi connectivity index (χ1n) is 6.32. The molecule has 3 nitrogen and oxygen atoms in total. The van der Waals surface area contributed by atoms with Crippen molar-refractivity contribution in [2.45, 2.75) is 32.9 Å². The normalized spacial score (nSPS) is 14.3. The van der Waals surface area contributed by atoms with E-state index in [-0.39, 0.29) is 17.9 Å². The van der Waals surface area contributed by atoms with Crippen LogP contribution in [0.2, 0.25) is 0 Å². The lowest BCUT2D eigenvalue weighted by molar-refractivity contribution is 0.182. The minimum atomic E-state index is -0.329. The van der Waals surface area contributed by atoms with Gasteiger partial charge in [0.2, 0.25) is 0 Å². The molecule has 0 radical (unpaired) electrons. The third-order valence-corrected chi connectivity index (χ3v) is 3.08. The molecule has 0 bridgehead atoms. The first-order chi connectivity index (χ1) is 8.52. The van der Waals surface area contributed by atoms with Gasteiger partial charge in [-0.3, -0.25) is 0 Å². The van der Waals surface area contributed by atoms with E-state index in [1.165, 1.54) is 6.07 Å². The first kappa shape index (κ1) is 14.9. The lowest BCUT2D eigenvalue weighted by Gasteiger charge is -2.32. The fourth-order valence-electron chi connectivity index (χ4n) is 2.28. The Morgan fingerprint density at radius 3 is 2.56 bits per heavy atom. The van der Waals surface area contributed by atoms with Crippen molar-refractivity contribution in [3.63, 3.8) is 0 Å². The zero-order valence-electron chi connectivity index (χ0n) is 11.6. The summed E-state index contributed by atoms with van der Waals surface area (Å²) in [5.74, 6) is -0.245. The van der Waals surface area contributed by atoms with E-state index in [9.17, 15) is 4.39 Å². The van der Waals surface area contributed by atoms with Gasteiger partial charge in [0, 0.05) is 37.0 Å². The molecule has 0 aliphatic rings. The van der Waals surface area contributed by atoms with Crippen LogP contribution in [0.1, 0.15) is 32.4 Å². The van der Waals surface area contributed by atoms with E-state index in [4.69, 9.17) is 10.5 Å². The van der Waals surface area contributed by atoms with Gasteiger partial charge in [-0.05, 0) is 32.9 Å². The van der Waals surface area contributed by atoms with Crippen LogP contribution in [0.5, 0.6) is 0 Å². The van der Waals surface area contributed by atoms with Crippen LogP contribution in [0.15, 0.2) is 18.2 Å². The maximum Gasteiger partial charge on any atom is 0.130 e. The van der Waals surface area contributed by atoms with Gasteiger partial charge < -0.3 is 15.4 Å². The largest absolute Gasteiger partial charge is 0.383 e. The number of anilines is 1. The van der Waals surface area contributed by atoms with Crippen molar-refractivity contribution >= 4 is 5.69 Å². The van der Waals surface area contributed by atoms with Crippen molar-refractivity contribution in [1.82, 2.24) is 0 Å². The van der Waals surface area contributed by atoms with E-state index in [0.717, 1.165) is 12.2 Å². The Hall–Kier alpha value is -1.13. The second-order valence-corrected chi connectivity index (χ2v) is 4.55. The minimum Gasteiger partial charge on any atom is -0.383 e. The Kier molecular flexibility index (Phi) is 5.56. The van der Waals surface area contributed by atoms with E-state index >= 15 is 0 Å². The maximum absolute atomic E-state index is 13.9. The Morgan fingerprint density at radius 1 is 1.39 bits per heavy atom. The molecule has 1 unspecified atom stereocenters. The molecule has 1 aromatic carbocycles. The van der Waals surface area contributed by atoms with E-state index in [0.29, 0.717) is 12.2 Å². The molecule has 0 saturated carbocycles. The molecule has 2 atom stereocenters. The van der Waals surface area contributed by atoms with Crippen LogP contribution in [-0.4, -0.2) is 26.3 Å². The van der Waals surface area contributed by atoms with E-state index in [1.54, 1.807) is 20.1 Å². The standard InChI is InChI=1S/C14H23FN2O/c1-5-17(10(2)9-18-4)13-8-6-7-12(15)14(13)11(3)16/h6-8,10-11H,5,9,16H2,1-4H3/t10?,11-/m0/s1. The number of hydrogen-bond donors (Lipinski definition) is 1. The van der Waals surface area contributed by atoms with Gasteiger partial charge in [0.1, 0.15) is 5.82 Å². The summed E-state index contributed by atoms with van der Waals surface area (Å²) in [6.07, 6.45) is 0. The van der Waals surface area contributed by atoms with E-state index < -0.39 is 0 Å². The topological polar surface area (TPSA) is 38.5 Å². The predicted molar refractivity (Wildman–Crippen MR) is 73.4 cm³/mol. The number of nitrogens with zero attached hydrogens (tertiary/aromatic N) is 1. The summed E-state index contributed by atoms with van der Waals surface area (Å²) >= 11 is 0. The van der Waals surface area contributed by atoms with Gasteiger partial charge in [0.05, 0.1) is 6.61 Å². The highest BCUT2D eigenvalue weighted by Gasteiger charge is 2.20. The van der Waals surface area contributed by atoms with Crippen LogP contribution in [-0.2, 0) is 4.74 Å². The summed E-state index contributed by atoms with van der Waals surface area (Å²) < 4.78 is 19.1. The highest BCUT2D eigenvalue weighted by atomic mass is 19.1. The Labute approximate surface area is 109 Å². The fraction of sp³-hybridized carbons (Fsp3) is 0.571. The van der Waals surface area contributed by atoms with Gasteiger partial charge in [-0.2, -0.15) is 0 Å². The number of benzene rings is 1. The van der Waals surface area contributed by atoms with Crippen LogP contribution >= 0.6 is 0 Å². The molecule has 0 aromatic heterocycles. The summed E-state index contributed by atoms with van der Waals surface area (Å²) in [6.45, 7) is 7.29. The molecule has 0 fully saturated rings. The predicted octanol–water partition coefficient (Wildman–Crippen LogP) is 2.71. The quantitative estimate of drug-likeness (QED) is 0.848. The average Bonchev–Trinajstić information content (AvgIpc) is 2.29.